The molecule has 1 heterocycles. The van der Waals surface area contributed by atoms with Crippen molar-refractivity contribution in [1.82, 2.24) is 0 Å². The highest BCUT2D eigenvalue weighted by molar-refractivity contribution is 8.01. The van der Waals surface area contributed by atoms with Gasteiger partial charge in [0, 0.05) is 25.7 Å². The van der Waals surface area contributed by atoms with Crippen molar-refractivity contribution in [2.24, 2.45) is 0 Å². The van der Waals surface area contributed by atoms with E-state index >= 15 is 0 Å². The lowest BCUT2D eigenvalue weighted by Gasteiger charge is -2.26. The maximum Gasteiger partial charge on any atom is 0.139 e. The van der Waals surface area contributed by atoms with Crippen LogP contribution in [0, 0.1) is 0 Å². The van der Waals surface area contributed by atoms with E-state index < -0.39 is 0 Å². The maximum absolute atomic E-state index is 6.27. The second-order valence-corrected chi connectivity index (χ2v) is 9.75. The summed E-state index contributed by atoms with van der Waals surface area (Å²) in [5.74, 6) is 1.00. The van der Waals surface area contributed by atoms with Gasteiger partial charge in [0.05, 0.1) is 18.3 Å². The number of rotatable bonds is 6. The van der Waals surface area contributed by atoms with Crippen LogP contribution in [0.3, 0.4) is 0 Å². The molecule has 1 aliphatic rings. The van der Waals surface area contributed by atoms with Gasteiger partial charge in [-0.05, 0) is 17.0 Å². The van der Waals surface area contributed by atoms with E-state index in [1.54, 1.807) is 4.90 Å². The van der Waals surface area contributed by atoms with Crippen LogP contribution in [0.1, 0.15) is 19.4 Å². The number of fused-ring (bicyclic) bond motifs is 1. The maximum atomic E-state index is 6.27. The summed E-state index contributed by atoms with van der Waals surface area (Å²) >= 11 is 2.07. The molecule has 3 aromatic carbocycles. The quantitative estimate of drug-likeness (QED) is 0.691. The van der Waals surface area contributed by atoms with Crippen LogP contribution >= 0.6 is 11.8 Å². The molecule has 140 valence electrons. The first-order chi connectivity index (χ1) is 13.1. The van der Waals surface area contributed by atoms with E-state index in [1.165, 1.54) is 22.9 Å². The Morgan fingerprint density at radius 3 is 2.56 bits per heavy atom. The zero-order valence-electron chi connectivity index (χ0n) is 16.2. The molecule has 3 aromatic rings. The first-order valence-electron chi connectivity index (χ1n) is 9.79. The summed E-state index contributed by atoms with van der Waals surface area (Å²) in [6, 6.07) is 25.6. The van der Waals surface area contributed by atoms with E-state index in [9.17, 15) is 0 Å². The zero-order valence-corrected chi connectivity index (χ0v) is 17.0. The largest absolute Gasteiger partial charge is 0.492 e. The molecule has 2 atom stereocenters. The molecule has 1 aliphatic heterocycles. The molecule has 1 N–H and O–H groups in total. The predicted octanol–water partition coefficient (Wildman–Crippen LogP) is 4.20. The second kappa shape index (κ2) is 7.95. The van der Waals surface area contributed by atoms with Crippen LogP contribution in [0.4, 0.5) is 0 Å². The van der Waals surface area contributed by atoms with Gasteiger partial charge >= 0.3 is 0 Å². The summed E-state index contributed by atoms with van der Waals surface area (Å²) in [4.78, 5) is 1.91. The van der Waals surface area contributed by atoms with Gasteiger partial charge in [-0.3, -0.25) is 0 Å². The Hall–Kier alpha value is -1.97. The molecule has 1 unspecified atom stereocenters. The lowest BCUT2D eigenvalue weighted by Crippen LogP contribution is -3.17. The molecule has 1 fully saturated rings. The van der Waals surface area contributed by atoms with Gasteiger partial charge in [0.15, 0.2) is 0 Å². The summed E-state index contributed by atoms with van der Waals surface area (Å²) in [5, 5.41) is 2.98. The van der Waals surface area contributed by atoms with Crippen molar-refractivity contribution < 1.29 is 9.64 Å². The monoisotopic (exact) mass is 378 g/mol. The van der Waals surface area contributed by atoms with Crippen LogP contribution in [0.2, 0.25) is 0 Å². The van der Waals surface area contributed by atoms with Crippen molar-refractivity contribution in [3.05, 3.63) is 78.4 Å². The Labute approximate surface area is 166 Å². The summed E-state index contributed by atoms with van der Waals surface area (Å²) in [5.41, 5.74) is 1.43. The molecule has 1 saturated heterocycles. The Kier molecular flexibility index (Phi) is 5.42. The summed E-state index contributed by atoms with van der Waals surface area (Å²) < 4.78 is 6.27. The number of nitrogens with one attached hydrogen (secondary N) is 1. The van der Waals surface area contributed by atoms with Gasteiger partial charge in [0.1, 0.15) is 17.2 Å². The van der Waals surface area contributed by atoms with E-state index in [1.807, 2.05) is 0 Å². The summed E-state index contributed by atoms with van der Waals surface area (Å²) in [6.07, 6.45) is 1.14. The molecule has 0 amide bonds. The van der Waals surface area contributed by atoms with Crippen molar-refractivity contribution in [3.63, 3.8) is 0 Å². The summed E-state index contributed by atoms with van der Waals surface area (Å²) in [7, 11) is 0. The minimum absolute atomic E-state index is 0.238. The third-order valence-electron chi connectivity index (χ3n) is 5.52. The lowest BCUT2D eigenvalue weighted by molar-refractivity contribution is -0.925. The topological polar surface area (TPSA) is 13.7 Å². The first kappa shape index (κ1) is 18.4. The second-order valence-electron chi connectivity index (χ2n) is 7.83. The molecule has 0 spiro atoms. The smallest absolute Gasteiger partial charge is 0.139 e. The molecule has 0 aromatic heterocycles. The average Bonchev–Trinajstić information content (AvgIpc) is 2.99. The number of benzene rings is 3. The molecular weight excluding hydrogens is 350 g/mol. The number of ether oxygens (including phenoxy) is 1. The molecule has 0 bridgehead atoms. The minimum atomic E-state index is 0.238. The van der Waals surface area contributed by atoms with Crippen molar-refractivity contribution in [2.45, 2.75) is 30.4 Å². The molecule has 0 saturated carbocycles. The van der Waals surface area contributed by atoms with Gasteiger partial charge in [-0.1, -0.05) is 78.5 Å². The number of hydrogen-bond donors (Lipinski definition) is 1. The van der Waals surface area contributed by atoms with Crippen molar-refractivity contribution in [3.8, 4) is 5.75 Å². The fourth-order valence-corrected chi connectivity index (χ4v) is 5.61. The normalized spacial score (nSPS) is 21.4. The number of hydrogen-bond acceptors (Lipinski definition) is 2. The van der Waals surface area contributed by atoms with Crippen LogP contribution in [0.15, 0.2) is 72.8 Å². The Bertz CT molecular complexity index is 888. The van der Waals surface area contributed by atoms with E-state index in [0.717, 1.165) is 25.3 Å². The zero-order chi connectivity index (χ0) is 18.7. The van der Waals surface area contributed by atoms with Crippen LogP contribution in [0.25, 0.3) is 10.8 Å². The van der Waals surface area contributed by atoms with E-state index in [4.69, 9.17) is 4.74 Å². The Morgan fingerprint density at radius 2 is 1.70 bits per heavy atom. The highest BCUT2D eigenvalue weighted by Gasteiger charge is 2.43. The fourth-order valence-electron chi connectivity index (χ4n) is 4.00. The Morgan fingerprint density at radius 1 is 0.963 bits per heavy atom. The van der Waals surface area contributed by atoms with Gasteiger partial charge in [-0.25, -0.2) is 0 Å². The van der Waals surface area contributed by atoms with Crippen LogP contribution < -0.4 is 9.64 Å². The highest BCUT2D eigenvalue weighted by Crippen LogP contribution is 2.30. The van der Waals surface area contributed by atoms with Gasteiger partial charge in [0.25, 0.3) is 0 Å². The van der Waals surface area contributed by atoms with E-state index in [2.05, 4.69) is 98.4 Å². The third kappa shape index (κ3) is 4.31. The van der Waals surface area contributed by atoms with E-state index in [0.29, 0.717) is 5.25 Å². The molecule has 0 aliphatic carbocycles. The fraction of sp³-hybridized carbons (Fsp3) is 0.333. The van der Waals surface area contributed by atoms with Crippen molar-refractivity contribution >= 4 is 22.5 Å². The van der Waals surface area contributed by atoms with Gasteiger partial charge < -0.3 is 9.64 Å². The molecule has 0 radical (unpaired) electrons. The average molecular weight is 379 g/mol. The van der Waals surface area contributed by atoms with Crippen LogP contribution in [-0.2, 0) is 6.42 Å². The summed E-state index contributed by atoms with van der Waals surface area (Å²) in [6.45, 7) is 7.85. The highest BCUT2D eigenvalue weighted by atomic mass is 32.2. The van der Waals surface area contributed by atoms with Crippen molar-refractivity contribution in [1.29, 1.82) is 0 Å². The van der Waals surface area contributed by atoms with Crippen LogP contribution in [-0.4, -0.2) is 29.8 Å². The van der Waals surface area contributed by atoms with Gasteiger partial charge in [0.2, 0.25) is 0 Å². The van der Waals surface area contributed by atoms with Crippen molar-refractivity contribution in [2.75, 3.05) is 19.7 Å². The Balaban J connectivity index is 1.37. The predicted molar refractivity (Wildman–Crippen MR) is 116 cm³/mol. The molecular formula is C24H28NOS+. The third-order valence-corrected chi connectivity index (χ3v) is 7.03. The first-order valence-corrected chi connectivity index (χ1v) is 10.7. The standard InChI is InChI=1S/C24H27NOS/c1-24(2)25(16-15-19-9-4-3-5-10-19)17-21(27-24)18-26-23-14-8-12-20-11-6-7-13-22(20)23/h3-14,21H,15-18H2,1-2H3/p+1/t21-/m0/s1. The lowest BCUT2D eigenvalue weighted by atomic mass is 10.1. The minimum Gasteiger partial charge on any atom is -0.492 e. The SMILES string of the molecule is CC1(C)S[C@H](COc2cccc3ccccc23)C[NH+]1CCc1ccccc1. The number of thioether (sulfide) groups is 1. The number of quaternary nitrogens is 1. The molecule has 27 heavy (non-hydrogen) atoms. The van der Waals surface area contributed by atoms with Gasteiger partial charge in [-0.2, -0.15) is 0 Å². The molecule has 3 heteroatoms. The van der Waals surface area contributed by atoms with Crippen LogP contribution in [0.5, 0.6) is 5.75 Å². The molecule has 4 rings (SSSR count). The molecule has 2 nitrogen and oxygen atoms in total. The van der Waals surface area contributed by atoms with E-state index in [-0.39, 0.29) is 4.87 Å². The van der Waals surface area contributed by atoms with Gasteiger partial charge in [-0.15, -0.1) is 0 Å².